The van der Waals surface area contributed by atoms with Crippen LogP contribution in [0.4, 0.5) is 5.69 Å². The van der Waals surface area contributed by atoms with Gasteiger partial charge in [-0.25, -0.2) is 13.4 Å². The van der Waals surface area contributed by atoms with Crippen LogP contribution in [0, 0.1) is 13.8 Å². The number of thiazole rings is 1. The molecule has 1 aliphatic rings. The van der Waals surface area contributed by atoms with Gasteiger partial charge in [0.25, 0.3) is 0 Å². The van der Waals surface area contributed by atoms with Gasteiger partial charge < -0.3 is 9.47 Å². The van der Waals surface area contributed by atoms with Crippen LogP contribution in [-0.4, -0.2) is 54.2 Å². The van der Waals surface area contributed by atoms with Gasteiger partial charge in [-0.3, -0.25) is 4.79 Å². The minimum Gasteiger partial charge on any atom is -0.369 e. The van der Waals surface area contributed by atoms with Crippen molar-refractivity contribution in [2.24, 2.45) is 7.05 Å². The second-order valence-corrected chi connectivity index (χ2v) is 10.6. The first-order valence-electron chi connectivity index (χ1n) is 10.1. The van der Waals surface area contributed by atoms with E-state index in [0.717, 1.165) is 22.1 Å². The molecule has 31 heavy (non-hydrogen) atoms. The standard InChI is InChI=1S/C22H26N4O3S2/c1-15-14-30-22(23-15)20-13-21(16(2)24(20)4)31(28,29)26-11-9-25(10-12-26)19-7-5-18(6-8-19)17(3)27/h5-8,13-14H,9-12H2,1-4H3. The molecule has 0 atom stereocenters. The third-order valence-corrected chi connectivity index (χ3v) is 8.82. The van der Waals surface area contributed by atoms with Crippen LogP contribution in [0.3, 0.4) is 0 Å². The van der Waals surface area contributed by atoms with Crippen molar-refractivity contribution in [3.05, 3.63) is 52.7 Å². The summed E-state index contributed by atoms with van der Waals surface area (Å²) in [5.74, 6) is 0.0352. The summed E-state index contributed by atoms with van der Waals surface area (Å²) in [5, 5.41) is 2.79. The van der Waals surface area contributed by atoms with Gasteiger partial charge in [0.2, 0.25) is 10.0 Å². The second kappa shape index (κ2) is 8.22. The van der Waals surface area contributed by atoms with Gasteiger partial charge >= 0.3 is 0 Å². The maximum Gasteiger partial charge on any atom is 0.244 e. The zero-order valence-corrected chi connectivity index (χ0v) is 19.8. The first-order valence-corrected chi connectivity index (χ1v) is 12.5. The van der Waals surface area contributed by atoms with E-state index < -0.39 is 10.0 Å². The summed E-state index contributed by atoms with van der Waals surface area (Å²) in [6.45, 7) is 7.34. The Morgan fingerprint density at radius 2 is 1.71 bits per heavy atom. The Hall–Kier alpha value is -2.49. The molecule has 7 nitrogen and oxygen atoms in total. The van der Waals surface area contributed by atoms with Gasteiger partial charge in [0.15, 0.2) is 5.78 Å². The zero-order valence-electron chi connectivity index (χ0n) is 18.1. The molecule has 1 aliphatic heterocycles. The van der Waals surface area contributed by atoms with Crippen molar-refractivity contribution in [1.29, 1.82) is 0 Å². The molecule has 1 saturated heterocycles. The summed E-state index contributed by atoms with van der Waals surface area (Å²) in [6, 6.07) is 9.22. The predicted octanol–water partition coefficient (Wildman–Crippen LogP) is 3.48. The lowest BCUT2D eigenvalue weighted by Crippen LogP contribution is -2.48. The Morgan fingerprint density at radius 1 is 1.06 bits per heavy atom. The van der Waals surface area contributed by atoms with Gasteiger partial charge in [-0.2, -0.15) is 4.31 Å². The minimum atomic E-state index is -3.60. The highest BCUT2D eigenvalue weighted by Gasteiger charge is 2.32. The van der Waals surface area contributed by atoms with E-state index in [1.54, 1.807) is 17.3 Å². The quantitative estimate of drug-likeness (QED) is 0.547. The Labute approximate surface area is 187 Å². The highest BCUT2D eigenvalue weighted by Crippen LogP contribution is 2.32. The molecule has 1 aromatic carbocycles. The fraction of sp³-hybridized carbons (Fsp3) is 0.364. The van der Waals surface area contributed by atoms with Gasteiger partial charge in [0.1, 0.15) is 9.90 Å². The van der Waals surface area contributed by atoms with Crippen LogP contribution in [0.25, 0.3) is 10.7 Å². The van der Waals surface area contributed by atoms with Gasteiger partial charge in [-0.15, -0.1) is 11.3 Å². The normalized spacial score (nSPS) is 15.4. The lowest BCUT2D eigenvalue weighted by atomic mass is 10.1. The van der Waals surface area contributed by atoms with E-state index in [9.17, 15) is 13.2 Å². The number of benzene rings is 1. The minimum absolute atomic E-state index is 0.0352. The van der Waals surface area contributed by atoms with Crippen LogP contribution in [0.15, 0.2) is 40.6 Å². The first-order chi connectivity index (χ1) is 14.7. The highest BCUT2D eigenvalue weighted by molar-refractivity contribution is 7.89. The first kappa shape index (κ1) is 21.7. The number of sulfonamides is 1. The van der Waals surface area contributed by atoms with Crippen LogP contribution in [0.5, 0.6) is 0 Å². The van der Waals surface area contributed by atoms with Crippen LogP contribution in [-0.2, 0) is 17.1 Å². The molecule has 0 saturated carbocycles. The van der Waals surface area contributed by atoms with Crippen LogP contribution >= 0.6 is 11.3 Å². The van der Waals surface area contributed by atoms with E-state index in [4.69, 9.17) is 0 Å². The smallest absolute Gasteiger partial charge is 0.244 e. The van der Waals surface area contributed by atoms with Crippen molar-refractivity contribution in [1.82, 2.24) is 13.9 Å². The Morgan fingerprint density at radius 3 is 2.26 bits per heavy atom. The number of hydrogen-bond donors (Lipinski definition) is 0. The lowest BCUT2D eigenvalue weighted by Gasteiger charge is -2.35. The number of rotatable bonds is 5. The largest absolute Gasteiger partial charge is 0.369 e. The van der Waals surface area contributed by atoms with Crippen molar-refractivity contribution in [2.45, 2.75) is 25.7 Å². The lowest BCUT2D eigenvalue weighted by molar-refractivity contribution is 0.101. The van der Waals surface area contributed by atoms with Gasteiger partial charge in [0, 0.05) is 61.2 Å². The molecule has 0 unspecified atom stereocenters. The maximum absolute atomic E-state index is 13.4. The van der Waals surface area contributed by atoms with Crippen molar-refractivity contribution in [2.75, 3.05) is 31.1 Å². The average Bonchev–Trinajstić information content (AvgIpc) is 3.31. The number of carbonyl (C=O) groups is 1. The number of piperazine rings is 1. The van der Waals surface area contributed by atoms with E-state index in [0.29, 0.717) is 42.3 Å². The molecule has 9 heteroatoms. The predicted molar refractivity (Wildman–Crippen MR) is 123 cm³/mol. The van der Waals surface area contributed by atoms with Crippen LogP contribution in [0.2, 0.25) is 0 Å². The van der Waals surface area contributed by atoms with E-state index in [1.807, 2.05) is 55.1 Å². The maximum atomic E-state index is 13.4. The van der Waals surface area contributed by atoms with E-state index in [1.165, 1.54) is 11.3 Å². The van der Waals surface area contributed by atoms with E-state index in [-0.39, 0.29) is 5.78 Å². The molecule has 0 radical (unpaired) electrons. The molecule has 164 valence electrons. The summed E-state index contributed by atoms with van der Waals surface area (Å²) in [4.78, 5) is 18.5. The molecule has 3 heterocycles. The molecule has 0 aliphatic carbocycles. The zero-order chi connectivity index (χ0) is 22.3. The molecule has 0 amide bonds. The number of carbonyl (C=O) groups excluding carboxylic acids is 1. The fourth-order valence-electron chi connectivity index (χ4n) is 3.84. The average molecular weight is 459 g/mol. The Kier molecular flexibility index (Phi) is 5.76. The van der Waals surface area contributed by atoms with E-state index in [2.05, 4.69) is 9.88 Å². The number of anilines is 1. The molecule has 1 fully saturated rings. The molecule has 2 aromatic heterocycles. The highest BCUT2D eigenvalue weighted by atomic mass is 32.2. The van der Waals surface area contributed by atoms with Gasteiger partial charge in [-0.05, 0) is 51.1 Å². The SMILES string of the molecule is CC(=O)c1ccc(N2CCN(S(=O)(=O)c3cc(-c4nc(C)cs4)n(C)c3C)CC2)cc1. The van der Waals surface area contributed by atoms with Gasteiger partial charge in [0.05, 0.1) is 5.69 Å². The topological polar surface area (TPSA) is 75.5 Å². The molecular weight excluding hydrogens is 432 g/mol. The van der Waals surface area contributed by atoms with Gasteiger partial charge in [-0.1, -0.05) is 0 Å². The third kappa shape index (κ3) is 4.05. The van der Waals surface area contributed by atoms with Crippen molar-refractivity contribution < 1.29 is 13.2 Å². The Bertz CT molecular complexity index is 1220. The number of Topliss-reactive ketones (excluding diaryl/α,β-unsaturated/α-hetero) is 1. The second-order valence-electron chi connectivity index (χ2n) is 7.83. The molecule has 0 spiro atoms. The Balaban J connectivity index is 1.52. The number of nitrogens with zero attached hydrogens (tertiary/aromatic N) is 4. The molecular formula is C22H26N4O3S2. The van der Waals surface area contributed by atoms with E-state index >= 15 is 0 Å². The fourth-order valence-corrected chi connectivity index (χ4v) is 6.38. The summed E-state index contributed by atoms with van der Waals surface area (Å²) >= 11 is 1.52. The number of aromatic nitrogens is 2. The number of aryl methyl sites for hydroxylation is 1. The summed E-state index contributed by atoms with van der Waals surface area (Å²) in [6.07, 6.45) is 0. The number of hydrogen-bond acceptors (Lipinski definition) is 6. The van der Waals surface area contributed by atoms with Crippen molar-refractivity contribution >= 4 is 32.8 Å². The van der Waals surface area contributed by atoms with Crippen LogP contribution in [0.1, 0.15) is 28.7 Å². The van der Waals surface area contributed by atoms with Crippen LogP contribution < -0.4 is 4.90 Å². The molecule has 0 bridgehead atoms. The summed E-state index contributed by atoms with van der Waals surface area (Å²) in [7, 11) is -1.72. The van der Waals surface area contributed by atoms with Crippen molar-refractivity contribution in [3.63, 3.8) is 0 Å². The third-order valence-electron chi connectivity index (χ3n) is 5.82. The monoisotopic (exact) mass is 458 g/mol. The number of ketones is 1. The molecule has 4 rings (SSSR count). The molecule has 3 aromatic rings. The summed E-state index contributed by atoms with van der Waals surface area (Å²) in [5.41, 5.74) is 4.13. The molecule has 0 N–H and O–H groups in total. The summed E-state index contributed by atoms with van der Waals surface area (Å²) < 4.78 is 30.3. The van der Waals surface area contributed by atoms with Crippen molar-refractivity contribution in [3.8, 4) is 10.7 Å².